The molecule has 0 unspecified atom stereocenters. The second-order valence-corrected chi connectivity index (χ2v) is 5.95. The van der Waals surface area contributed by atoms with Crippen molar-refractivity contribution >= 4 is 23.2 Å². The molecule has 0 bridgehead atoms. The third-order valence-electron chi connectivity index (χ3n) is 3.22. The number of amides is 2. The van der Waals surface area contributed by atoms with Crippen molar-refractivity contribution in [2.45, 2.75) is 0 Å². The van der Waals surface area contributed by atoms with Crippen molar-refractivity contribution in [3.8, 4) is 16.2 Å². The molecule has 0 saturated carbocycles. The largest absolute Gasteiger partial charge is 0.495 e. The van der Waals surface area contributed by atoms with Crippen LogP contribution in [0.4, 0.5) is 0 Å². The Morgan fingerprint density at radius 3 is 2.54 bits per heavy atom. The van der Waals surface area contributed by atoms with Crippen molar-refractivity contribution in [1.29, 1.82) is 0 Å². The molecule has 2 N–H and O–H groups in total. The van der Waals surface area contributed by atoms with Crippen LogP contribution in [0.3, 0.4) is 0 Å². The van der Waals surface area contributed by atoms with Crippen molar-refractivity contribution < 1.29 is 19.1 Å². The normalized spacial score (nSPS) is 10.2. The van der Waals surface area contributed by atoms with Gasteiger partial charge in [0.25, 0.3) is 5.91 Å². The standard InChI is InChI=1S/C17H20N2O4S/c1-22-9-8-18-15(20)11-19-17(21)16-13(23-2)10-14(24-16)12-6-4-3-5-7-12/h3-7,10H,8-9,11H2,1-2H3,(H,18,20)(H,19,21). The highest BCUT2D eigenvalue weighted by Crippen LogP contribution is 2.35. The van der Waals surface area contributed by atoms with Gasteiger partial charge in [0.2, 0.25) is 5.91 Å². The topological polar surface area (TPSA) is 76.7 Å². The van der Waals surface area contributed by atoms with Gasteiger partial charge >= 0.3 is 0 Å². The molecule has 6 nitrogen and oxygen atoms in total. The zero-order valence-electron chi connectivity index (χ0n) is 13.6. The van der Waals surface area contributed by atoms with E-state index in [4.69, 9.17) is 9.47 Å². The van der Waals surface area contributed by atoms with E-state index in [0.717, 1.165) is 10.4 Å². The monoisotopic (exact) mass is 348 g/mol. The van der Waals surface area contributed by atoms with Gasteiger partial charge in [-0.3, -0.25) is 9.59 Å². The lowest BCUT2D eigenvalue weighted by molar-refractivity contribution is -0.120. The average molecular weight is 348 g/mol. The summed E-state index contributed by atoms with van der Waals surface area (Å²) in [4.78, 5) is 25.3. The molecule has 0 aliphatic carbocycles. The Balaban J connectivity index is 2.01. The number of thiophene rings is 1. The number of nitrogens with one attached hydrogen (secondary N) is 2. The lowest BCUT2D eigenvalue weighted by atomic mass is 10.2. The van der Waals surface area contributed by atoms with E-state index in [1.807, 2.05) is 36.4 Å². The average Bonchev–Trinajstić information content (AvgIpc) is 3.05. The third-order valence-corrected chi connectivity index (χ3v) is 4.38. The first kappa shape index (κ1) is 18.0. The van der Waals surface area contributed by atoms with Gasteiger partial charge in [-0.15, -0.1) is 11.3 Å². The SMILES string of the molecule is COCCNC(=O)CNC(=O)c1sc(-c2ccccc2)cc1OC. The molecule has 2 aromatic rings. The lowest BCUT2D eigenvalue weighted by Crippen LogP contribution is -2.38. The van der Waals surface area contributed by atoms with Crippen molar-refractivity contribution in [3.05, 3.63) is 41.3 Å². The summed E-state index contributed by atoms with van der Waals surface area (Å²) in [6.45, 7) is 0.745. The summed E-state index contributed by atoms with van der Waals surface area (Å²) < 4.78 is 10.1. The van der Waals surface area contributed by atoms with E-state index in [2.05, 4.69) is 10.6 Å². The Morgan fingerprint density at radius 1 is 1.12 bits per heavy atom. The van der Waals surface area contributed by atoms with Crippen molar-refractivity contribution in [2.75, 3.05) is 33.9 Å². The van der Waals surface area contributed by atoms with Crippen LogP contribution in [0.15, 0.2) is 36.4 Å². The van der Waals surface area contributed by atoms with E-state index in [1.165, 1.54) is 18.4 Å². The molecule has 0 radical (unpaired) electrons. The highest BCUT2D eigenvalue weighted by molar-refractivity contribution is 7.17. The second kappa shape index (κ2) is 9.05. The van der Waals surface area contributed by atoms with Crippen LogP contribution in [0, 0.1) is 0 Å². The number of ether oxygens (including phenoxy) is 2. The van der Waals surface area contributed by atoms with Gasteiger partial charge in [0.05, 0.1) is 20.3 Å². The Labute approximate surface area is 144 Å². The highest BCUT2D eigenvalue weighted by atomic mass is 32.1. The van der Waals surface area contributed by atoms with Gasteiger partial charge in [-0.25, -0.2) is 0 Å². The first-order valence-corrected chi connectivity index (χ1v) is 8.24. The molecule has 2 amide bonds. The summed E-state index contributed by atoms with van der Waals surface area (Å²) in [5.41, 5.74) is 1.01. The summed E-state index contributed by atoms with van der Waals surface area (Å²) in [5.74, 6) is -0.101. The number of hydrogen-bond donors (Lipinski definition) is 2. The molecule has 1 aromatic carbocycles. The van der Waals surface area contributed by atoms with Gasteiger partial charge in [0, 0.05) is 18.5 Å². The third kappa shape index (κ3) is 4.81. The fourth-order valence-corrected chi connectivity index (χ4v) is 3.07. The van der Waals surface area contributed by atoms with Gasteiger partial charge in [-0.1, -0.05) is 30.3 Å². The molecule has 1 heterocycles. The number of carbonyl (C=O) groups is 2. The van der Waals surface area contributed by atoms with E-state index in [-0.39, 0.29) is 18.4 Å². The van der Waals surface area contributed by atoms with Gasteiger partial charge < -0.3 is 20.1 Å². The maximum atomic E-state index is 12.3. The number of benzene rings is 1. The number of methoxy groups -OCH3 is 2. The van der Waals surface area contributed by atoms with Crippen molar-refractivity contribution in [2.24, 2.45) is 0 Å². The molecule has 2 rings (SSSR count). The predicted octanol–water partition coefficient (Wildman–Crippen LogP) is 1.92. The molecule has 0 atom stereocenters. The molecule has 0 fully saturated rings. The molecule has 7 heteroatoms. The molecule has 0 spiro atoms. The van der Waals surface area contributed by atoms with Crippen LogP contribution in [0.25, 0.3) is 10.4 Å². The fourth-order valence-electron chi connectivity index (χ4n) is 2.02. The maximum Gasteiger partial charge on any atom is 0.265 e. The van der Waals surface area contributed by atoms with E-state index in [0.29, 0.717) is 23.8 Å². The zero-order valence-corrected chi connectivity index (χ0v) is 14.4. The van der Waals surface area contributed by atoms with Crippen LogP contribution in [0.2, 0.25) is 0 Å². The molecule has 1 aromatic heterocycles. The Hall–Kier alpha value is -2.38. The number of hydrogen-bond acceptors (Lipinski definition) is 5. The molecular weight excluding hydrogens is 328 g/mol. The van der Waals surface area contributed by atoms with Crippen molar-refractivity contribution in [1.82, 2.24) is 10.6 Å². The summed E-state index contributed by atoms with van der Waals surface area (Å²) in [5, 5.41) is 5.25. The van der Waals surface area contributed by atoms with Gasteiger partial charge in [-0.2, -0.15) is 0 Å². The Kier molecular flexibility index (Phi) is 6.77. The van der Waals surface area contributed by atoms with E-state index in [1.54, 1.807) is 7.11 Å². The Bertz CT molecular complexity index is 685. The van der Waals surface area contributed by atoms with E-state index < -0.39 is 0 Å². The first-order valence-electron chi connectivity index (χ1n) is 7.42. The number of rotatable bonds is 8. The van der Waals surface area contributed by atoms with Gasteiger partial charge in [-0.05, 0) is 11.6 Å². The number of carbonyl (C=O) groups excluding carboxylic acids is 2. The minimum Gasteiger partial charge on any atom is -0.495 e. The summed E-state index contributed by atoms with van der Waals surface area (Å²) in [6.07, 6.45) is 0. The van der Waals surface area contributed by atoms with Crippen LogP contribution in [0.1, 0.15) is 9.67 Å². The van der Waals surface area contributed by atoms with E-state index in [9.17, 15) is 9.59 Å². The molecule has 0 aliphatic rings. The predicted molar refractivity (Wildman–Crippen MR) is 93.5 cm³/mol. The first-order chi connectivity index (χ1) is 11.7. The van der Waals surface area contributed by atoms with Crippen molar-refractivity contribution in [3.63, 3.8) is 0 Å². The van der Waals surface area contributed by atoms with Crippen LogP contribution in [-0.2, 0) is 9.53 Å². The summed E-state index contributed by atoms with van der Waals surface area (Å²) in [6, 6.07) is 11.6. The Morgan fingerprint density at radius 2 is 1.88 bits per heavy atom. The second-order valence-electron chi connectivity index (χ2n) is 4.90. The minimum absolute atomic E-state index is 0.0930. The molecule has 128 valence electrons. The smallest absolute Gasteiger partial charge is 0.265 e. The van der Waals surface area contributed by atoms with Crippen LogP contribution < -0.4 is 15.4 Å². The molecule has 0 saturated heterocycles. The lowest BCUT2D eigenvalue weighted by Gasteiger charge is -2.06. The minimum atomic E-state index is -0.332. The maximum absolute atomic E-state index is 12.3. The van der Waals surface area contributed by atoms with Crippen LogP contribution in [0.5, 0.6) is 5.75 Å². The molecule has 24 heavy (non-hydrogen) atoms. The van der Waals surface area contributed by atoms with E-state index >= 15 is 0 Å². The highest BCUT2D eigenvalue weighted by Gasteiger charge is 2.18. The van der Waals surface area contributed by atoms with Gasteiger partial charge in [0.1, 0.15) is 10.6 Å². The summed E-state index contributed by atoms with van der Waals surface area (Å²) in [7, 11) is 3.08. The summed E-state index contributed by atoms with van der Waals surface area (Å²) >= 11 is 1.33. The molecule has 0 aliphatic heterocycles. The van der Waals surface area contributed by atoms with Crippen LogP contribution in [-0.4, -0.2) is 45.7 Å². The zero-order chi connectivity index (χ0) is 17.4. The van der Waals surface area contributed by atoms with Gasteiger partial charge in [0.15, 0.2) is 0 Å². The fraction of sp³-hybridized carbons (Fsp3) is 0.294. The quantitative estimate of drug-likeness (QED) is 0.715. The molecular formula is C17H20N2O4S. The van der Waals surface area contributed by atoms with Crippen LogP contribution >= 0.6 is 11.3 Å².